The van der Waals surface area contributed by atoms with Crippen molar-refractivity contribution in [1.29, 1.82) is 0 Å². The van der Waals surface area contributed by atoms with Crippen LogP contribution < -0.4 is 5.32 Å². The maximum absolute atomic E-state index is 11.1. The van der Waals surface area contributed by atoms with Crippen LogP contribution in [0.5, 0.6) is 0 Å². The summed E-state index contributed by atoms with van der Waals surface area (Å²) in [4.78, 5) is 15.2. The second-order valence-electron chi connectivity index (χ2n) is 4.53. The fourth-order valence-corrected chi connectivity index (χ4v) is 2.05. The fourth-order valence-electron chi connectivity index (χ4n) is 1.72. The van der Waals surface area contributed by atoms with Crippen molar-refractivity contribution < 1.29 is 9.90 Å². The number of aromatic carboxylic acids is 1. The highest BCUT2D eigenvalue weighted by Gasteiger charge is 2.14. The molecule has 94 valence electrons. The summed E-state index contributed by atoms with van der Waals surface area (Å²) in [6.07, 6.45) is 2.56. The van der Waals surface area contributed by atoms with Crippen LogP contribution in [-0.4, -0.2) is 22.1 Å². The van der Waals surface area contributed by atoms with Crippen molar-refractivity contribution in [3.05, 3.63) is 22.3 Å². The van der Waals surface area contributed by atoms with Gasteiger partial charge in [0.2, 0.25) is 0 Å². The van der Waals surface area contributed by atoms with Gasteiger partial charge in [0.15, 0.2) is 0 Å². The smallest absolute Gasteiger partial charge is 0.339 e. The lowest BCUT2D eigenvalue weighted by atomic mass is 10.1. The quantitative estimate of drug-likeness (QED) is 0.875. The third kappa shape index (κ3) is 4.34. The number of nitrogens with zero attached hydrogens (tertiary/aromatic N) is 1. The van der Waals surface area contributed by atoms with E-state index in [0.717, 1.165) is 6.42 Å². The number of hydrogen-bond donors (Lipinski definition) is 2. The lowest BCUT2D eigenvalue weighted by Crippen LogP contribution is -2.20. The third-order valence-corrected chi connectivity index (χ3v) is 2.73. The van der Waals surface area contributed by atoms with Gasteiger partial charge in [-0.05, 0) is 41.3 Å². The van der Waals surface area contributed by atoms with Crippen molar-refractivity contribution in [3.63, 3.8) is 0 Å². The molecule has 0 aliphatic carbocycles. The Morgan fingerprint density at radius 3 is 2.71 bits per heavy atom. The molecule has 1 aromatic heterocycles. The molecule has 2 N–H and O–H groups in total. The third-order valence-electron chi connectivity index (χ3n) is 2.29. The molecular weight excluding hydrogens is 284 g/mol. The standard InChI is InChI=1S/C12H17BrN2O2/c1-7(2)4-8(3)15-11-10(12(16)17)5-9(13)6-14-11/h5-8H,4H2,1-3H3,(H,14,15)(H,16,17). The zero-order chi connectivity index (χ0) is 13.0. The van der Waals surface area contributed by atoms with E-state index in [0.29, 0.717) is 16.2 Å². The van der Waals surface area contributed by atoms with E-state index < -0.39 is 5.97 Å². The highest BCUT2D eigenvalue weighted by atomic mass is 79.9. The summed E-state index contributed by atoms with van der Waals surface area (Å²) in [6.45, 7) is 6.28. The zero-order valence-electron chi connectivity index (χ0n) is 10.2. The van der Waals surface area contributed by atoms with Gasteiger partial charge in [-0.15, -0.1) is 0 Å². The summed E-state index contributed by atoms with van der Waals surface area (Å²) in [6, 6.07) is 1.75. The predicted octanol–water partition coefficient (Wildman–Crippen LogP) is 3.39. The molecule has 0 aliphatic rings. The van der Waals surface area contributed by atoms with Crippen molar-refractivity contribution in [3.8, 4) is 0 Å². The number of carboxylic acid groups (broad SMARTS) is 1. The van der Waals surface area contributed by atoms with Gasteiger partial charge in [0.25, 0.3) is 0 Å². The summed E-state index contributed by atoms with van der Waals surface area (Å²) in [7, 11) is 0. The Balaban J connectivity index is 2.86. The molecule has 1 rings (SSSR count). The number of carbonyl (C=O) groups is 1. The number of carboxylic acids is 1. The van der Waals surface area contributed by atoms with Crippen molar-refractivity contribution in [2.24, 2.45) is 5.92 Å². The normalized spacial score (nSPS) is 12.5. The molecule has 0 aromatic carbocycles. The van der Waals surface area contributed by atoms with Gasteiger partial charge < -0.3 is 10.4 Å². The lowest BCUT2D eigenvalue weighted by molar-refractivity contribution is 0.0697. The lowest BCUT2D eigenvalue weighted by Gasteiger charge is -2.17. The Morgan fingerprint density at radius 1 is 1.53 bits per heavy atom. The molecule has 0 aliphatic heterocycles. The van der Waals surface area contributed by atoms with Crippen LogP contribution in [-0.2, 0) is 0 Å². The van der Waals surface area contributed by atoms with Gasteiger partial charge in [-0.1, -0.05) is 13.8 Å². The SMILES string of the molecule is CC(C)CC(C)Nc1ncc(Br)cc1C(=O)O. The van der Waals surface area contributed by atoms with E-state index in [4.69, 9.17) is 5.11 Å². The van der Waals surface area contributed by atoms with Gasteiger partial charge in [-0.25, -0.2) is 9.78 Å². The summed E-state index contributed by atoms with van der Waals surface area (Å²) in [5.74, 6) is 0.00752. The number of anilines is 1. The molecule has 0 fully saturated rings. The molecular formula is C12H17BrN2O2. The largest absolute Gasteiger partial charge is 0.478 e. The van der Waals surface area contributed by atoms with Crippen LogP contribution in [0.1, 0.15) is 37.6 Å². The first kappa shape index (κ1) is 14.0. The van der Waals surface area contributed by atoms with E-state index >= 15 is 0 Å². The highest BCUT2D eigenvalue weighted by Crippen LogP contribution is 2.20. The van der Waals surface area contributed by atoms with Crippen molar-refractivity contribution in [2.45, 2.75) is 33.2 Å². The molecule has 0 spiro atoms. The van der Waals surface area contributed by atoms with E-state index in [-0.39, 0.29) is 11.6 Å². The first-order valence-corrected chi connectivity index (χ1v) is 6.34. The molecule has 0 radical (unpaired) electrons. The number of hydrogen-bond acceptors (Lipinski definition) is 3. The van der Waals surface area contributed by atoms with Crippen LogP contribution >= 0.6 is 15.9 Å². The van der Waals surface area contributed by atoms with Crippen LogP contribution in [0.15, 0.2) is 16.7 Å². The minimum atomic E-state index is -0.974. The average molecular weight is 301 g/mol. The summed E-state index contributed by atoms with van der Waals surface area (Å²) in [5, 5.41) is 12.2. The van der Waals surface area contributed by atoms with Crippen LogP contribution in [0.25, 0.3) is 0 Å². The summed E-state index contributed by atoms with van der Waals surface area (Å²) >= 11 is 3.22. The fraction of sp³-hybridized carbons (Fsp3) is 0.500. The van der Waals surface area contributed by atoms with Crippen LogP contribution in [0.4, 0.5) is 5.82 Å². The van der Waals surface area contributed by atoms with Crippen molar-refractivity contribution in [2.75, 3.05) is 5.32 Å². The van der Waals surface area contributed by atoms with Crippen LogP contribution in [0.2, 0.25) is 0 Å². The van der Waals surface area contributed by atoms with E-state index in [1.165, 1.54) is 0 Å². The molecule has 17 heavy (non-hydrogen) atoms. The van der Waals surface area contributed by atoms with Gasteiger partial charge >= 0.3 is 5.97 Å². The minimum Gasteiger partial charge on any atom is -0.478 e. The zero-order valence-corrected chi connectivity index (χ0v) is 11.8. The van der Waals surface area contributed by atoms with Gasteiger partial charge in [0, 0.05) is 16.7 Å². The Bertz CT molecular complexity index is 407. The average Bonchev–Trinajstić information content (AvgIpc) is 2.19. The van der Waals surface area contributed by atoms with Gasteiger partial charge in [-0.3, -0.25) is 0 Å². The topological polar surface area (TPSA) is 62.2 Å². The molecule has 1 heterocycles. The van der Waals surface area contributed by atoms with E-state index in [9.17, 15) is 4.79 Å². The van der Waals surface area contributed by atoms with E-state index in [1.807, 2.05) is 6.92 Å². The van der Waals surface area contributed by atoms with Crippen LogP contribution in [0, 0.1) is 5.92 Å². The van der Waals surface area contributed by atoms with Gasteiger partial charge in [-0.2, -0.15) is 0 Å². The highest BCUT2D eigenvalue weighted by molar-refractivity contribution is 9.10. The molecule has 1 aromatic rings. The Labute approximate surface area is 110 Å². The first-order valence-electron chi connectivity index (χ1n) is 5.55. The molecule has 4 nitrogen and oxygen atoms in total. The van der Waals surface area contributed by atoms with Crippen molar-refractivity contribution in [1.82, 2.24) is 4.98 Å². The van der Waals surface area contributed by atoms with Gasteiger partial charge in [0.1, 0.15) is 11.4 Å². The van der Waals surface area contributed by atoms with Crippen molar-refractivity contribution >= 4 is 27.7 Å². The van der Waals surface area contributed by atoms with Crippen LogP contribution in [0.3, 0.4) is 0 Å². The number of aromatic nitrogens is 1. The number of halogens is 1. The molecule has 0 amide bonds. The molecule has 0 saturated heterocycles. The predicted molar refractivity (Wildman–Crippen MR) is 71.4 cm³/mol. The number of pyridine rings is 1. The Morgan fingerprint density at radius 2 is 2.18 bits per heavy atom. The van der Waals surface area contributed by atoms with E-state index in [1.54, 1.807) is 12.3 Å². The summed E-state index contributed by atoms with van der Waals surface area (Å²) in [5.41, 5.74) is 0.190. The Hall–Kier alpha value is -1.10. The second kappa shape index (κ2) is 6.00. The van der Waals surface area contributed by atoms with Gasteiger partial charge in [0.05, 0.1) is 0 Å². The molecule has 5 heteroatoms. The molecule has 0 bridgehead atoms. The minimum absolute atomic E-state index is 0.190. The monoisotopic (exact) mass is 300 g/mol. The molecule has 1 unspecified atom stereocenters. The second-order valence-corrected chi connectivity index (χ2v) is 5.45. The Kier molecular flexibility index (Phi) is 4.93. The van der Waals surface area contributed by atoms with E-state index in [2.05, 4.69) is 40.1 Å². The first-order chi connectivity index (χ1) is 7.90. The maximum Gasteiger partial charge on any atom is 0.339 e. The molecule has 1 atom stereocenters. The molecule has 0 saturated carbocycles. The summed E-state index contributed by atoms with van der Waals surface area (Å²) < 4.78 is 0.664. The number of nitrogens with one attached hydrogen (secondary N) is 1. The maximum atomic E-state index is 11.1. The number of rotatable bonds is 5.